The van der Waals surface area contributed by atoms with E-state index in [1.54, 1.807) is 0 Å². The van der Waals surface area contributed by atoms with Gasteiger partial charge >= 0.3 is 6.18 Å². The Morgan fingerprint density at radius 1 is 1.22 bits per heavy atom. The first kappa shape index (κ1) is 17.7. The van der Waals surface area contributed by atoms with E-state index in [1.807, 2.05) is 13.8 Å². The number of nitrogens with one attached hydrogen (secondary N) is 1. The number of hydrogen-bond donors (Lipinski definition) is 1. The summed E-state index contributed by atoms with van der Waals surface area (Å²) >= 11 is 0. The molecule has 0 aliphatic carbocycles. The van der Waals surface area contributed by atoms with Gasteiger partial charge in [-0.05, 0) is 38.0 Å². The minimum Gasteiger partial charge on any atom is -0.376 e. The monoisotopic (exact) mass is 331 g/mol. The van der Waals surface area contributed by atoms with Gasteiger partial charge < -0.3 is 14.8 Å². The lowest BCUT2D eigenvalue weighted by Gasteiger charge is -2.30. The first-order valence-corrected chi connectivity index (χ1v) is 7.35. The molecule has 1 aliphatic rings. The quantitative estimate of drug-likeness (QED) is 0.922. The summed E-state index contributed by atoms with van der Waals surface area (Å²) in [6.07, 6.45) is -4.58. The van der Waals surface area contributed by atoms with Gasteiger partial charge in [0.25, 0.3) is 5.91 Å². The smallest absolute Gasteiger partial charge is 0.376 e. The van der Waals surface area contributed by atoms with Crippen LogP contribution in [0.3, 0.4) is 0 Å². The molecule has 1 aromatic rings. The molecule has 23 heavy (non-hydrogen) atoms. The van der Waals surface area contributed by atoms with E-state index >= 15 is 0 Å². The Hall–Kier alpha value is -1.60. The van der Waals surface area contributed by atoms with Crippen molar-refractivity contribution in [3.63, 3.8) is 0 Å². The molecule has 1 aromatic carbocycles. The number of rotatable bonds is 4. The summed E-state index contributed by atoms with van der Waals surface area (Å²) in [6, 6.07) is 4.95. The van der Waals surface area contributed by atoms with Crippen molar-refractivity contribution in [2.75, 3.05) is 19.8 Å². The molecule has 2 rings (SSSR count). The van der Waals surface area contributed by atoms with Gasteiger partial charge in [0, 0.05) is 5.54 Å². The molecule has 128 valence electrons. The van der Waals surface area contributed by atoms with Crippen molar-refractivity contribution in [2.45, 2.75) is 38.1 Å². The molecule has 1 saturated heterocycles. The predicted molar refractivity (Wildman–Crippen MR) is 77.9 cm³/mol. The molecule has 1 aliphatic heterocycles. The van der Waals surface area contributed by atoms with Gasteiger partial charge in [0.1, 0.15) is 0 Å². The maximum Gasteiger partial charge on any atom is 0.416 e. The van der Waals surface area contributed by atoms with Crippen LogP contribution in [-0.2, 0) is 26.9 Å². The third-order valence-electron chi connectivity index (χ3n) is 3.50. The Bertz CT molecular complexity index is 534. The zero-order valence-corrected chi connectivity index (χ0v) is 13.1. The molecular weight excluding hydrogens is 311 g/mol. The third kappa shape index (κ3) is 5.21. The van der Waals surface area contributed by atoms with Crippen LogP contribution in [0.25, 0.3) is 0 Å². The number of benzene rings is 1. The summed E-state index contributed by atoms with van der Waals surface area (Å²) in [5.41, 5.74) is -0.586. The van der Waals surface area contributed by atoms with Gasteiger partial charge in [-0.3, -0.25) is 4.79 Å². The van der Waals surface area contributed by atoms with Crippen molar-refractivity contribution in [2.24, 2.45) is 0 Å². The van der Waals surface area contributed by atoms with E-state index in [-0.39, 0.29) is 12.5 Å². The maximum absolute atomic E-state index is 12.6. The normalized spacial score (nSPS) is 19.4. The fourth-order valence-electron chi connectivity index (χ4n) is 2.42. The topological polar surface area (TPSA) is 47.6 Å². The molecule has 0 radical (unpaired) electrons. The Balaban J connectivity index is 1.95. The number of alkyl halides is 3. The molecular formula is C16H20F3NO3. The van der Waals surface area contributed by atoms with Crippen LogP contribution in [-0.4, -0.2) is 37.4 Å². The van der Waals surface area contributed by atoms with Crippen molar-refractivity contribution in [1.29, 1.82) is 0 Å². The molecule has 1 heterocycles. The zero-order chi connectivity index (χ0) is 17.1. The zero-order valence-electron chi connectivity index (χ0n) is 13.1. The summed E-state index contributed by atoms with van der Waals surface area (Å²) in [5.74, 6) is -0.276. The van der Waals surface area contributed by atoms with Crippen molar-refractivity contribution >= 4 is 5.91 Å². The Kier molecular flexibility index (Phi) is 5.31. The molecule has 1 amide bonds. The van der Waals surface area contributed by atoms with E-state index in [1.165, 1.54) is 12.1 Å². The minimum atomic E-state index is -4.35. The van der Waals surface area contributed by atoms with Gasteiger partial charge in [-0.2, -0.15) is 13.2 Å². The summed E-state index contributed by atoms with van der Waals surface area (Å²) in [7, 11) is 0. The van der Waals surface area contributed by atoms with Crippen molar-refractivity contribution in [3.05, 3.63) is 35.4 Å². The van der Waals surface area contributed by atoms with E-state index in [0.717, 1.165) is 12.1 Å². The number of ether oxygens (including phenoxy) is 2. The molecule has 1 fully saturated rings. The van der Waals surface area contributed by atoms with Crippen LogP contribution in [0.5, 0.6) is 0 Å². The van der Waals surface area contributed by atoms with Crippen LogP contribution in [0.15, 0.2) is 24.3 Å². The second-order valence-corrected chi connectivity index (χ2v) is 6.18. The molecule has 1 N–H and O–H groups in total. The largest absolute Gasteiger partial charge is 0.416 e. The second kappa shape index (κ2) is 6.88. The second-order valence-electron chi connectivity index (χ2n) is 6.18. The lowest BCUT2D eigenvalue weighted by Crippen LogP contribution is -2.52. The van der Waals surface area contributed by atoms with Gasteiger partial charge in [0.05, 0.1) is 25.4 Å². The summed E-state index contributed by atoms with van der Waals surface area (Å²) in [6.45, 7) is 4.68. The van der Waals surface area contributed by atoms with Crippen molar-refractivity contribution < 1.29 is 27.4 Å². The maximum atomic E-state index is 12.6. The average Bonchev–Trinajstić information content (AvgIpc) is 2.46. The summed E-state index contributed by atoms with van der Waals surface area (Å²) < 4.78 is 48.2. The molecule has 0 spiro atoms. The third-order valence-corrected chi connectivity index (χ3v) is 3.50. The van der Waals surface area contributed by atoms with Crippen molar-refractivity contribution in [3.8, 4) is 0 Å². The predicted octanol–water partition coefficient (Wildman–Crippen LogP) is 2.56. The minimum absolute atomic E-state index is 0.211. The lowest BCUT2D eigenvalue weighted by atomic mass is 9.94. The lowest BCUT2D eigenvalue weighted by molar-refractivity contribution is -0.149. The fourth-order valence-corrected chi connectivity index (χ4v) is 2.42. The van der Waals surface area contributed by atoms with Crippen LogP contribution in [0.2, 0.25) is 0 Å². The van der Waals surface area contributed by atoms with E-state index in [4.69, 9.17) is 9.47 Å². The van der Waals surface area contributed by atoms with Crippen LogP contribution in [0, 0.1) is 0 Å². The Labute approximate surface area is 133 Å². The molecule has 4 nitrogen and oxygen atoms in total. The molecule has 0 bridgehead atoms. The number of amides is 1. The van der Waals surface area contributed by atoms with Gasteiger partial charge in [-0.25, -0.2) is 0 Å². The van der Waals surface area contributed by atoms with Crippen LogP contribution < -0.4 is 5.32 Å². The van der Waals surface area contributed by atoms with Gasteiger partial charge in [-0.1, -0.05) is 12.1 Å². The van der Waals surface area contributed by atoms with Crippen molar-refractivity contribution in [1.82, 2.24) is 5.32 Å². The number of carbonyl (C=O) groups excluding carboxylic acids is 1. The van der Waals surface area contributed by atoms with E-state index < -0.39 is 23.4 Å². The van der Waals surface area contributed by atoms with Gasteiger partial charge in [0.2, 0.25) is 0 Å². The molecule has 0 unspecified atom stereocenters. The highest BCUT2D eigenvalue weighted by molar-refractivity contribution is 5.81. The SMILES string of the molecule is CC(C)(Cc1ccc(C(F)(F)F)cc1)NC(=O)[C@@H]1COCCO1. The van der Waals surface area contributed by atoms with Crippen LogP contribution in [0.1, 0.15) is 25.0 Å². The molecule has 7 heteroatoms. The van der Waals surface area contributed by atoms with Gasteiger partial charge in [-0.15, -0.1) is 0 Å². The highest BCUT2D eigenvalue weighted by Gasteiger charge is 2.31. The van der Waals surface area contributed by atoms with E-state index in [2.05, 4.69) is 5.32 Å². The van der Waals surface area contributed by atoms with Crippen LogP contribution in [0.4, 0.5) is 13.2 Å². The highest BCUT2D eigenvalue weighted by Crippen LogP contribution is 2.29. The fraction of sp³-hybridized carbons (Fsp3) is 0.562. The highest BCUT2D eigenvalue weighted by atomic mass is 19.4. The van der Waals surface area contributed by atoms with Crippen LogP contribution >= 0.6 is 0 Å². The summed E-state index contributed by atoms with van der Waals surface area (Å²) in [5, 5.41) is 2.85. The Morgan fingerprint density at radius 3 is 2.39 bits per heavy atom. The molecule has 1 atom stereocenters. The first-order chi connectivity index (χ1) is 10.7. The first-order valence-electron chi connectivity index (χ1n) is 7.35. The summed E-state index contributed by atoms with van der Waals surface area (Å²) in [4.78, 5) is 12.1. The molecule has 0 saturated carbocycles. The number of halogens is 3. The van der Waals surface area contributed by atoms with E-state index in [0.29, 0.717) is 25.2 Å². The van der Waals surface area contributed by atoms with Gasteiger partial charge in [0.15, 0.2) is 6.10 Å². The average molecular weight is 331 g/mol. The molecule has 0 aromatic heterocycles. The number of carbonyl (C=O) groups is 1. The number of hydrogen-bond acceptors (Lipinski definition) is 3. The Morgan fingerprint density at radius 2 is 1.87 bits per heavy atom. The standard InChI is InChI=1S/C16H20F3NO3/c1-15(2,20-14(21)13-10-22-7-8-23-13)9-11-3-5-12(6-4-11)16(17,18)19/h3-6,13H,7-10H2,1-2H3,(H,20,21)/t13-/m0/s1. The van der Waals surface area contributed by atoms with E-state index in [9.17, 15) is 18.0 Å².